The quantitative estimate of drug-likeness (QED) is 0.134. The van der Waals surface area contributed by atoms with Crippen molar-refractivity contribution in [2.24, 2.45) is 0 Å². The first-order valence-electron chi connectivity index (χ1n) is 13.2. The molecule has 0 radical (unpaired) electrons. The second kappa shape index (κ2) is 11.5. The number of nitrogens with two attached hydrogens (primary N) is 2. The van der Waals surface area contributed by atoms with Crippen molar-refractivity contribution < 1.29 is 38.1 Å². The Hall–Kier alpha value is -6.42. The lowest BCUT2D eigenvalue weighted by Crippen LogP contribution is -1.97. The molecule has 44 heavy (non-hydrogen) atoms. The Morgan fingerprint density at radius 1 is 0.409 bits per heavy atom. The molecular weight excluding hydrogens is 564 g/mol. The summed E-state index contributed by atoms with van der Waals surface area (Å²) in [7, 11) is 0. The molecule has 4 N–H and O–H groups in total. The van der Waals surface area contributed by atoms with Crippen LogP contribution in [0.5, 0.6) is 23.0 Å². The number of carbonyl (C=O) groups excluding carboxylic acids is 4. The van der Waals surface area contributed by atoms with Crippen molar-refractivity contribution >= 4 is 35.3 Å². The van der Waals surface area contributed by atoms with Crippen LogP contribution in [0.3, 0.4) is 0 Å². The number of esters is 4. The minimum Gasteiger partial charge on any atom is -0.457 e. The van der Waals surface area contributed by atoms with Gasteiger partial charge in [-0.2, -0.15) is 0 Å². The van der Waals surface area contributed by atoms with Crippen LogP contribution in [0, 0.1) is 0 Å². The number of hydrogen-bond acceptors (Lipinski definition) is 10. The average molecular weight is 587 g/mol. The summed E-state index contributed by atoms with van der Waals surface area (Å²) in [6.45, 7) is 0. The lowest BCUT2D eigenvalue weighted by Gasteiger charge is -2.09. The van der Waals surface area contributed by atoms with Gasteiger partial charge in [0.15, 0.2) is 0 Å². The zero-order valence-electron chi connectivity index (χ0n) is 22.8. The first kappa shape index (κ1) is 27.7. The molecule has 0 unspecified atom stereocenters. The fourth-order valence-corrected chi connectivity index (χ4v) is 4.47. The van der Waals surface area contributed by atoms with Gasteiger partial charge in [0.2, 0.25) is 0 Å². The molecule has 0 saturated heterocycles. The largest absolute Gasteiger partial charge is 0.457 e. The van der Waals surface area contributed by atoms with Crippen molar-refractivity contribution in [2.45, 2.75) is 0 Å². The maximum atomic E-state index is 11.6. The van der Waals surface area contributed by atoms with Crippen LogP contribution in [0.15, 0.2) is 109 Å². The molecule has 2 aliphatic rings. The third-order valence-corrected chi connectivity index (χ3v) is 6.66. The van der Waals surface area contributed by atoms with Crippen LogP contribution in [0.4, 0.5) is 11.4 Å². The molecule has 5 aromatic rings. The molecule has 0 spiro atoms. The third-order valence-electron chi connectivity index (χ3n) is 6.66. The van der Waals surface area contributed by atoms with Crippen LogP contribution >= 0.6 is 0 Å². The Bertz CT molecular complexity index is 1810. The van der Waals surface area contributed by atoms with Crippen LogP contribution in [0.25, 0.3) is 11.1 Å². The van der Waals surface area contributed by atoms with Gasteiger partial charge < -0.3 is 30.4 Å². The second-order valence-corrected chi connectivity index (χ2v) is 9.69. The van der Waals surface area contributed by atoms with E-state index in [-0.39, 0.29) is 22.3 Å². The van der Waals surface area contributed by atoms with Crippen LogP contribution < -0.4 is 20.9 Å². The van der Waals surface area contributed by atoms with Gasteiger partial charge in [-0.05, 0) is 96.1 Å². The summed E-state index contributed by atoms with van der Waals surface area (Å²) in [6.07, 6.45) is 0. The number of fused-ring (bicyclic) bond motifs is 2. The predicted octanol–water partition coefficient (Wildman–Crippen LogP) is 6.41. The van der Waals surface area contributed by atoms with Crippen molar-refractivity contribution in [1.82, 2.24) is 0 Å². The molecule has 0 amide bonds. The van der Waals surface area contributed by atoms with E-state index in [0.29, 0.717) is 34.0 Å². The highest BCUT2D eigenvalue weighted by molar-refractivity contribution is 6.16. The fourth-order valence-electron chi connectivity index (χ4n) is 4.47. The van der Waals surface area contributed by atoms with Gasteiger partial charge >= 0.3 is 23.9 Å². The fraction of sp³-hybridized carbons (Fsp3) is 0. The third kappa shape index (κ3) is 5.81. The van der Waals surface area contributed by atoms with E-state index in [1.165, 1.54) is 24.3 Å². The van der Waals surface area contributed by atoms with Gasteiger partial charge in [0.05, 0.1) is 22.3 Å². The van der Waals surface area contributed by atoms with Gasteiger partial charge in [-0.3, -0.25) is 0 Å². The van der Waals surface area contributed by atoms with Gasteiger partial charge in [-0.1, -0.05) is 18.2 Å². The van der Waals surface area contributed by atoms with E-state index in [4.69, 9.17) is 20.9 Å². The van der Waals surface area contributed by atoms with E-state index in [1.54, 1.807) is 36.4 Å². The standard InChI is InChI=1S/C18H16N2O2.C16H6O6/c19-13-4-8-15(9-5-13)21-17-2-1-3-18(12-17)22-16-10-6-14(20)7-11-16;17-13-9-3-1-7(5-11(9)15(19)21-13)8-2-4-10-12(6-8)16(20)22-14(10)18/h1-12H,19-20H2;1-6H. The molecule has 7 rings (SSSR count). The highest BCUT2D eigenvalue weighted by Crippen LogP contribution is 2.31. The minimum absolute atomic E-state index is 0.182. The number of cyclic esters (lactones) is 4. The predicted molar refractivity (Wildman–Crippen MR) is 160 cm³/mol. The number of benzene rings is 5. The van der Waals surface area contributed by atoms with Crippen LogP contribution in [0.1, 0.15) is 41.4 Å². The normalized spacial score (nSPS) is 12.8. The molecule has 2 aliphatic heterocycles. The molecule has 0 saturated carbocycles. The van der Waals surface area contributed by atoms with Crippen molar-refractivity contribution in [1.29, 1.82) is 0 Å². The minimum atomic E-state index is -0.697. The van der Waals surface area contributed by atoms with E-state index in [0.717, 1.165) is 11.5 Å². The lowest BCUT2D eigenvalue weighted by molar-refractivity contribution is 0.0425. The highest BCUT2D eigenvalue weighted by atomic mass is 16.6. The Balaban J connectivity index is 0.000000156. The Morgan fingerprint density at radius 2 is 0.795 bits per heavy atom. The summed E-state index contributed by atoms with van der Waals surface area (Å²) in [5, 5.41) is 0. The van der Waals surface area contributed by atoms with Gasteiger partial charge in [0.1, 0.15) is 23.0 Å². The zero-order valence-corrected chi connectivity index (χ0v) is 22.8. The highest BCUT2D eigenvalue weighted by Gasteiger charge is 2.31. The van der Waals surface area contributed by atoms with Crippen LogP contribution in [-0.4, -0.2) is 23.9 Å². The molecule has 5 aromatic carbocycles. The summed E-state index contributed by atoms with van der Waals surface area (Å²) >= 11 is 0. The van der Waals surface area contributed by atoms with E-state index in [9.17, 15) is 19.2 Å². The molecule has 2 heterocycles. The van der Waals surface area contributed by atoms with Gasteiger partial charge in [0.25, 0.3) is 0 Å². The molecule has 0 aromatic heterocycles. The second-order valence-electron chi connectivity index (χ2n) is 9.69. The Morgan fingerprint density at radius 3 is 1.20 bits per heavy atom. The molecule has 216 valence electrons. The number of nitrogen functional groups attached to an aromatic ring is 2. The van der Waals surface area contributed by atoms with Gasteiger partial charge in [-0.25, -0.2) is 19.2 Å². The van der Waals surface area contributed by atoms with E-state index >= 15 is 0 Å². The first-order valence-corrected chi connectivity index (χ1v) is 13.2. The monoisotopic (exact) mass is 586 g/mol. The number of rotatable bonds is 5. The maximum Gasteiger partial charge on any atom is 0.346 e. The lowest BCUT2D eigenvalue weighted by atomic mass is 9.97. The average Bonchev–Trinajstić information content (AvgIpc) is 3.48. The summed E-state index contributed by atoms with van der Waals surface area (Å²) in [5.41, 5.74) is 14.8. The van der Waals surface area contributed by atoms with E-state index < -0.39 is 23.9 Å². The smallest absolute Gasteiger partial charge is 0.346 e. The molecule has 0 aliphatic carbocycles. The molecule has 0 bridgehead atoms. The van der Waals surface area contributed by atoms with Crippen molar-refractivity contribution in [3.8, 4) is 34.1 Å². The van der Waals surface area contributed by atoms with Crippen molar-refractivity contribution in [3.05, 3.63) is 131 Å². The number of carbonyl (C=O) groups is 4. The number of ether oxygens (including phenoxy) is 4. The van der Waals surface area contributed by atoms with Crippen molar-refractivity contribution in [3.63, 3.8) is 0 Å². The molecule has 10 heteroatoms. The van der Waals surface area contributed by atoms with Crippen molar-refractivity contribution in [2.75, 3.05) is 11.5 Å². The first-order chi connectivity index (χ1) is 21.2. The zero-order chi connectivity index (χ0) is 30.8. The molecule has 0 atom stereocenters. The molecule has 10 nitrogen and oxygen atoms in total. The summed E-state index contributed by atoms with van der Waals surface area (Å²) in [4.78, 5) is 46.0. The summed E-state index contributed by atoms with van der Waals surface area (Å²) in [5.74, 6) is 0.0904. The number of anilines is 2. The summed E-state index contributed by atoms with van der Waals surface area (Å²) in [6, 6.07) is 31.2. The molecular formula is C34H22N2O8. The van der Waals surface area contributed by atoms with Gasteiger partial charge in [-0.15, -0.1) is 0 Å². The van der Waals surface area contributed by atoms with Gasteiger partial charge in [0, 0.05) is 17.4 Å². The summed E-state index contributed by atoms with van der Waals surface area (Å²) < 4.78 is 20.6. The maximum absolute atomic E-state index is 11.6. The molecule has 0 fully saturated rings. The van der Waals surface area contributed by atoms with E-state index in [2.05, 4.69) is 9.47 Å². The van der Waals surface area contributed by atoms with Crippen LogP contribution in [-0.2, 0) is 9.47 Å². The Kier molecular flexibility index (Phi) is 7.22. The Labute approximate surface area is 250 Å². The van der Waals surface area contributed by atoms with Crippen LogP contribution in [0.2, 0.25) is 0 Å². The SMILES string of the molecule is Nc1ccc(Oc2cccc(Oc3ccc(N)cc3)c2)cc1.O=C1OC(=O)c2cc(-c3ccc4c(c3)C(=O)OC4=O)ccc21. The van der Waals surface area contributed by atoms with E-state index in [1.807, 2.05) is 48.5 Å². The topological polar surface area (TPSA) is 157 Å². The number of hydrogen-bond donors (Lipinski definition) is 2.